The molecular weight excluding hydrogens is 386 g/mol. The van der Waals surface area contributed by atoms with Gasteiger partial charge in [-0.3, -0.25) is 9.59 Å². The number of rotatable bonds is 3. The Hall–Kier alpha value is -2.76. The van der Waals surface area contributed by atoms with E-state index in [0.717, 1.165) is 48.9 Å². The van der Waals surface area contributed by atoms with E-state index in [2.05, 4.69) is 6.07 Å². The predicted molar refractivity (Wildman–Crippen MR) is 110 cm³/mol. The monoisotopic (exact) mass is 412 g/mol. The van der Waals surface area contributed by atoms with Gasteiger partial charge in [0.05, 0.1) is 5.41 Å². The summed E-state index contributed by atoms with van der Waals surface area (Å²) in [4.78, 5) is 29.5. The average molecular weight is 412 g/mol. The molecule has 0 unspecified atom stereocenters. The minimum Gasteiger partial charge on any atom is -0.338 e. The number of hydrogen-bond acceptors (Lipinski definition) is 2. The molecule has 0 N–H and O–H groups in total. The summed E-state index contributed by atoms with van der Waals surface area (Å²) in [5, 5.41) is 0. The molecule has 0 radical (unpaired) electrons. The number of halogens is 2. The first-order chi connectivity index (χ1) is 14.4. The molecule has 30 heavy (non-hydrogen) atoms. The van der Waals surface area contributed by atoms with Gasteiger partial charge >= 0.3 is 0 Å². The van der Waals surface area contributed by atoms with Crippen LogP contribution in [0.3, 0.4) is 0 Å². The molecule has 1 aliphatic carbocycles. The van der Waals surface area contributed by atoms with Gasteiger partial charge in [0.25, 0.3) is 5.91 Å². The van der Waals surface area contributed by atoms with E-state index in [1.165, 1.54) is 11.0 Å². The molecule has 0 aromatic heterocycles. The van der Waals surface area contributed by atoms with Crippen molar-refractivity contribution in [2.24, 2.45) is 0 Å². The van der Waals surface area contributed by atoms with Crippen LogP contribution in [0.15, 0.2) is 42.5 Å². The number of aryl methyl sites for hydroxylation is 1. The third kappa shape index (κ3) is 3.59. The molecule has 1 saturated carbocycles. The topological polar surface area (TPSA) is 40.6 Å². The second-order valence-electron chi connectivity index (χ2n) is 8.34. The molecule has 2 aliphatic rings. The lowest BCUT2D eigenvalue weighted by Gasteiger charge is -2.40. The number of nitrogens with zero attached hydrogens (tertiary/aromatic N) is 2. The Labute approximate surface area is 175 Å². The first-order valence-corrected chi connectivity index (χ1v) is 10.5. The van der Waals surface area contributed by atoms with Crippen LogP contribution in [-0.4, -0.2) is 47.8 Å². The van der Waals surface area contributed by atoms with Gasteiger partial charge in [-0.15, -0.1) is 0 Å². The number of amides is 2. The molecule has 0 atom stereocenters. The van der Waals surface area contributed by atoms with E-state index in [-0.39, 0.29) is 19.0 Å². The van der Waals surface area contributed by atoms with Crippen LogP contribution in [0, 0.1) is 18.6 Å². The molecule has 1 aliphatic heterocycles. The van der Waals surface area contributed by atoms with Crippen molar-refractivity contribution in [1.82, 2.24) is 9.80 Å². The molecule has 2 fully saturated rings. The summed E-state index contributed by atoms with van der Waals surface area (Å²) >= 11 is 0. The van der Waals surface area contributed by atoms with Gasteiger partial charge in [-0.05, 0) is 37.5 Å². The SMILES string of the molecule is Cc1cccc(C2(C(=O)N3CCN(C(=O)c4c(F)cccc4F)CC3)CCCC2)c1. The molecule has 4 rings (SSSR count). The number of hydrogen-bond donors (Lipinski definition) is 0. The Morgan fingerprint density at radius 2 is 1.43 bits per heavy atom. The molecule has 1 saturated heterocycles. The highest BCUT2D eigenvalue weighted by Gasteiger charge is 2.45. The molecule has 158 valence electrons. The summed E-state index contributed by atoms with van der Waals surface area (Å²) in [6.07, 6.45) is 3.69. The Balaban J connectivity index is 1.49. The van der Waals surface area contributed by atoms with Crippen molar-refractivity contribution in [2.45, 2.75) is 38.0 Å². The standard InChI is InChI=1S/C24H26F2N2O2/c1-17-6-4-7-18(16-17)24(10-2-3-11-24)23(30)28-14-12-27(13-15-28)22(29)21-19(25)8-5-9-20(21)26/h4-9,16H,2-3,10-15H2,1H3. The van der Waals surface area contributed by atoms with Gasteiger partial charge in [0, 0.05) is 26.2 Å². The quantitative estimate of drug-likeness (QED) is 0.763. The van der Waals surface area contributed by atoms with Gasteiger partial charge in [-0.25, -0.2) is 8.78 Å². The molecule has 6 heteroatoms. The van der Waals surface area contributed by atoms with Crippen molar-refractivity contribution in [3.63, 3.8) is 0 Å². The van der Waals surface area contributed by atoms with E-state index >= 15 is 0 Å². The highest BCUT2D eigenvalue weighted by molar-refractivity contribution is 5.95. The Bertz CT molecular complexity index is 941. The Morgan fingerprint density at radius 1 is 0.867 bits per heavy atom. The van der Waals surface area contributed by atoms with Gasteiger partial charge < -0.3 is 9.80 Å². The fourth-order valence-corrected chi connectivity index (χ4v) is 4.82. The molecule has 2 aromatic rings. The van der Waals surface area contributed by atoms with Crippen LogP contribution in [0.2, 0.25) is 0 Å². The molecule has 2 aromatic carbocycles. The van der Waals surface area contributed by atoms with E-state index in [0.29, 0.717) is 13.1 Å². The van der Waals surface area contributed by atoms with Crippen LogP contribution >= 0.6 is 0 Å². The normalized spacial score (nSPS) is 18.5. The number of benzene rings is 2. The molecule has 0 spiro atoms. The summed E-state index contributed by atoms with van der Waals surface area (Å²) < 4.78 is 28.0. The zero-order chi connectivity index (χ0) is 21.3. The second-order valence-corrected chi connectivity index (χ2v) is 8.34. The van der Waals surface area contributed by atoms with E-state index in [1.807, 2.05) is 30.0 Å². The van der Waals surface area contributed by atoms with E-state index in [4.69, 9.17) is 0 Å². The Kier molecular flexibility index (Phi) is 5.58. The summed E-state index contributed by atoms with van der Waals surface area (Å²) in [6.45, 7) is 3.30. The minimum atomic E-state index is -0.858. The molecular formula is C24H26F2N2O2. The lowest BCUT2D eigenvalue weighted by molar-refractivity contribution is -0.138. The van der Waals surface area contributed by atoms with Gasteiger partial charge in [-0.1, -0.05) is 48.7 Å². The van der Waals surface area contributed by atoms with Crippen LogP contribution in [-0.2, 0) is 10.2 Å². The third-order valence-electron chi connectivity index (χ3n) is 6.47. The van der Waals surface area contributed by atoms with Crippen molar-refractivity contribution in [3.05, 3.63) is 70.8 Å². The first kappa shape index (κ1) is 20.5. The lowest BCUT2D eigenvalue weighted by Crippen LogP contribution is -2.55. The minimum absolute atomic E-state index is 0.106. The van der Waals surface area contributed by atoms with Crippen molar-refractivity contribution in [2.75, 3.05) is 26.2 Å². The highest BCUT2D eigenvalue weighted by atomic mass is 19.1. The van der Waals surface area contributed by atoms with Crippen LogP contribution in [0.1, 0.15) is 47.2 Å². The molecule has 0 bridgehead atoms. The largest absolute Gasteiger partial charge is 0.338 e. The van der Waals surface area contributed by atoms with Gasteiger partial charge in [0.15, 0.2) is 0 Å². The van der Waals surface area contributed by atoms with E-state index in [1.54, 1.807) is 0 Å². The number of carbonyl (C=O) groups excluding carboxylic acids is 2. The molecule has 1 heterocycles. The van der Waals surface area contributed by atoms with Crippen molar-refractivity contribution >= 4 is 11.8 Å². The van der Waals surface area contributed by atoms with Crippen molar-refractivity contribution < 1.29 is 18.4 Å². The lowest BCUT2D eigenvalue weighted by atomic mass is 9.77. The van der Waals surface area contributed by atoms with E-state index < -0.39 is 28.5 Å². The molecule has 4 nitrogen and oxygen atoms in total. The fourth-order valence-electron chi connectivity index (χ4n) is 4.82. The van der Waals surface area contributed by atoms with Crippen LogP contribution in [0.25, 0.3) is 0 Å². The Morgan fingerprint density at radius 3 is 2.03 bits per heavy atom. The van der Waals surface area contributed by atoms with Crippen molar-refractivity contribution in [1.29, 1.82) is 0 Å². The average Bonchev–Trinajstić information content (AvgIpc) is 3.24. The zero-order valence-electron chi connectivity index (χ0n) is 17.2. The predicted octanol–water partition coefficient (Wildman–Crippen LogP) is 4.07. The van der Waals surface area contributed by atoms with Crippen molar-refractivity contribution in [3.8, 4) is 0 Å². The van der Waals surface area contributed by atoms with Crippen LogP contribution in [0.4, 0.5) is 8.78 Å². The summed E-state index contributed by atoms with van der Waals surface area (Å²) in [6, 6.07) is 11.6. The third-order valence-corrected chi connectivity index (χ3v) is 6.47. The summed E-state index contributed by atoms with van der Waals surface area (Å²) in [7, 11) is 0. The van der Waals surface area contributed by atoms with Gasteiger partial charge in [0.2, 0.25) is 5.91 Å². The van der Waals surface area contributed by atoms with Gasteiger partial charge in [-0.2, -0.15) is 0 Å². The maximum absolute atomic E-state index is 14.0. The molecule has 2 amide bonds. The second kappa shape index (κ2) is 8.17. The van der Waals surface area contributed by atoms with Gasteiger partial charge in [0.1, 0.15) is 17.2 Å². The maximum atomic E-state index is 14.0. The van der Waals surface area contributed by atoms with E-state index in [9.17, 15) is 18.4 Å². The smallest absolute Gasteiger partial charge is 0.259 e. The van der Waals surface area contributed by atoms with Crippen LogP contribution in [0.5, 0.6) is 0 Å². The highest BCUT2D eigenvalue weighted by Crippen LogP contribution is 2.43. The first-order valence-electron chi connectivity index (χ1n) is 10.5. The zero-order valence-corrected chi connectivity index (χ0v) is 17.2. The summed E-state index contributed by atoms with van der Waals surface area (Å²) in [5.41, 5.74) is 1.17. The summed E-state index contributed by atoms with van der Waals surface area (Å²) in [5.74, 6) is -2.27. The van der Waals surface area contributed by atoms with Crippen LogP contribution < -0.4 is 0 Å². The fraction of sp³-hybridized carbons (Fsp3) is 0.417. The number of piperazine rings is 1. The maximum Gasteiger partial charge on any atom is 0.259 e. The number of carbonyl (C=O) groups is 2.